The van der Waals surface area contributed by atoms with Crippen molar-refractivity contribution in [2.24, 2.45) is 13.0 Å². The maximum absolute atomic E-state index is 12.4. The van der Waals surface area contributed by atoms with Gasteiger partial charge in [-0.25, -0.2) is 9.97 Å². The minimum absolute atomic E-state index is 0.00223. The molecule has 3 aromatic rings. The van der Waals surface area contributed by atoms with Gasteiger partial charge in [-0.3, -0.25) is 4.79 Å². The van der Waals surface area contributed by atoms with Crippen LogP contribution in [-0.2, 0) is 11.8 Å². The van der Waals surface area contributed by atoms with Gasteiger partial charge in [-0.15, -0.1) is 0 Å². The molecule has 0 atom stereocenters. The van der Waals surface area contributed by atoms with Crippen LogP contribution in [0.3, 0.4) is 0 Å². The van der Waals surface area contributed by atoms with Gasteiger partial charge in [0, 0.05) is 42.7 Å². The average Bonchev–Trinajstić information content (AvgIpc) is 2.90. The van der Waals surface area contributed by atoms with Gasteiger partial charge in [0.25, 0.3) is 0 Å². The van der Waals surface area contributed by atoms with Gasteiger partial charge in [-0.1, -0.05) is 32.0 Å². The monoisotopic (exact) mass is 342 g/mol. The summed E-state index contributed by atoms with van der Waals surface area (Å²) < 4.78 is 2.04. The highest BCUT2D eigenvalue weighted by Gasteiger charge is 2.22. The summed E-state index contributed by atoms with van der Waals surface area (Å²) in [5.74, 6) is -0.117. The molecule has 1 amide bonds. The first-order valence-electron chi connectivity index (χ1n) is 7.74. The van der Waals surface area contributed by atoms with E-state index in [9.17, 15) is 4.79 Å². The molecule has 24 heavy (non-hydrogen) atoms. The summed E-state index contributed by atoms with van der Waals surface area (Å²) in [5, 5.41) is 1.22. The summed E-state index contributed by atoms with van der Waals surface area (Å²) in [6, 6.07) is 8.06. The lowest BCUT2D eigenvalue weighted by molar-refractivity contribution is -0.121. The minimum Gasteiger partial charge on any atom is -0.350 e. The maximum atomic E-state index is 12.4. The number of hydrogen-bond acceptors (Lipinski definition) is 3. The molecule has 0 aliphatic heterocycles. The van der Waals surface area contributed by atoms with Crippen LogP contribution < -0.4 is 4.90 Å². The van der Waals surface area contributed by atoms with Gasteiger partial charge in [0.2, 0.25) is 11.2 Å². The lowest BCUT2D eigenvalue weighted by atomic mass is 10.1. The van der Waals surface area contributed by atoms with Gasteiger partial charge in [0.15, 0.2) is 0 Å². The highest BCUT2D eigenvalue weighted by atomic mass is 35.5. The first-order chi connectivity index (χ1) is 11.4. The Morgan fingerprint density at radius 3 is 2.71 bits per heavy atom. The van der Waals surface area contributed by atoms with E-state index in [-0.39, 0.29) is 17.1 Å². The lowest BCUT2D eigenvalue weighted by Gasteiger charge is -2.21. The van der Waals surface area contributed by atoms with Gasteiger partial charge in [0.1, 0.15) is 5.69 Å². The van der Waals surface area contributed by atoms with Crippen molar-refractivity contribution < 1.29 is 4.79 Å². The number of amides is 1. The van der Waals surface area contributed by atoms with Crippen LogP contribution in [0.15, 0.2) is 36.7 Å². The van der Waals surface area contributed by atoms with Gasteiger partial charge in [-0.05, 0) is 17.7 Å². The third-order valence-corrected chi connectivity index (χ3v) is 4.26. The fourth-order valence-corrected chi connectivity index (χ4v) is 2.97. The Morgan fingerprint density at radius 1 is 1.29 bits per heavy atom. The Hall–Kier alpha value is -2.40. The molecule has 0 saturated heterocycles. The fourth-order valence-electron chi connectivity index (χ4n) is 2.83. The topological polar surface area (TPSA) is 51.0 Å². The molecule has 0 aliphatic carbocycles. The zero-order chi connectivity index (χ0) is 17.4. The van der Waals surface area contributed by atoms with Crippen molar-refractivity contribution in [2.45, 2.75) is 13.8 Å². The lowest BCUT2D eigenvalue weighted by Crippen LogP contribution is -2.31. The average molecular weight is 343 g/mol. The molecule has 0 saturated carbocycles. The van der Waals surface area contributed by atoms with Crippen LogP contribution in [0.25, 0.3) is 22.2 Å². The van der Waals surface area contributed by atoms with Crippen molar-refractivity contribution in [3.8, 4) is 11.3 Å². The zero-order valence-electron chi connectivity index (χ0n) is 14.1. The number of aromatic nitrogens is 3. The van der Waals surface area contributed by atoms with Crippen LogP contribution >= 0.6 is 11.6 Å². The molecule has 0 radical (unpaired) electrons. The van der Waals surface area contributed by atoms with Crippen molar-refractivity contribution in [1.29, 1.82) is 0 Å². The first-order valence-corrected chi connectivity index (χ1v) is 8.12. The molecular formula is C18H19ClN4O. The van der Waals surface area contributed by atoms with Gasteiger partial charge in [-0.2, -0.15) is 0 Å². The van der Waals surface area contributed by atoms with Gasteiger partial charge >= 0.3 is 0 Å². The first kappa shape index (κ1) is 16.5. The molecule has 5 nitrogen and oxygen atoms in total. The number of carbonyl (C=O) groups excluding carboxylic acids is 1. The molecule has 124 valence electrons. The number of para-hydroxylation sites is 1. The number of nitrogens with zero attached hydrogens (tertiary/aromatic N) is 4. The number of halogens is 1. The minimum atomic E-state index is -0.119. The molecule has 0 N–H and O–H groups in total. The molecule has 6 heteroatoms. The second-order valence-corrected chi connectivity index (χ2v) is 6.43. The van der Waals surface area contributed by atoms with Crippen LogP contribution in [0, 0.1) is 5.92 Å². The smallest absolute Gasteiger partial charge is 0.229 e. The number of rotatable bonds is 3. The summed E-state index contributed by atoms with van der Waals surface area (Å²) in [4.78, 5) is 22.5. The standard InChI is InChI=1S/C18H19ClN4O/c1-11(2)17(24)23(4)15-9-20-18(19)21-16(15)13-10-22(3)14-8-6-5-7-12(13)14/h5-11H,1-4H3. The van der Waals surface area contributed by atoms with E-state index in [4.69, 9.17) is 11.6 Å². The SMILES string of the molecule is CC(C)C(=O)N(C)c1cnc(Cl)nc1-c1cn(C)c2ccccc12. The Morgan fingerprint density at radius 2 is 2.00 bits per heavy atom. The number of aryl methyl sites for hydroxylation is 1. The van der Waals surface area contributed by atoms with Crippen molar-refractivity contribution in [3.63, 3.8) is 0 Å². The molecule has 0 bridgehead atoms. The van der Waals surface area contributed by atoms with E-state index in [1.807, 2.05) is 55.9 Å². The van der Waals surface area contributed by atoms with Gasteiger partial charge < -0.3 is 9.47 Å². The molecule has 1 aromatic carbocycles. The van der Waals surface area contributed by atoms with Crippen LogP contribution in [0.4, 0.5) is 5.69 Å². The van der Waals surface area contributed by atoms with E-state index in [0.29, 0.717) is 11.4 Å². The number of fused-ring (bicyclic) bond motifs is 1. The predicted molar refractivity (Wildman–Crippen MR) is 97.2 cm³/mol. The number of benzene rings is 1. The van der Waals surface area contributed by atoms with E-state index < -0.39 is 0 Å². The van der Waals surface area contributed by atoms with Crippen LogP contribution in [0.1, 0.15) is 13.8 Å². The van der Waals surface area contributed by atoms with Crippen molar-refractivity contribution in [2.75, 3.05) is 11.9 Å². The second kappa shape index (κ2) is 6.24. The Labute approximate surface area is 145 Å². The van der Waals surface area contributed by atoms with Gasteiger partial charge in [0.05, 0.1) is 11.9 Å². The van der Waals surface area contributed by atoms with E-state index in [0.717, 1.165) is 16.5 Å². The third-order valence-electron chi connectivity index (χ3n) is 4.08. The fraction of sp³-hybridized carbons (Fsp3) is 0.278. The maximum Gasteiger partial charge on any atom is 0.229 e. The van der Waals surface area contributed by atoms with Crippen LogP contribution in [0.5, 0.6) is 0 Å². The quantitative estimate of drug-likeness (QED) is 0.678. The summed E-state index contributed by atoms with van der Waals surface area (Å²) in [7, 11) is 3.72. The highest BCUT2D eigenvalue weighted by Crippen LogP contribution is 2.35. The molecule has 0 unspecified atom stereocenters. The Balaban J connectivity index is 2.23. The van der Waals surface area contributed by atoms with E-state index in [1.54, 1.807) is 18.1 Å². The number of anilines is 1. The summed E-state index contributed by atoms with van der Waals surface area (Å²) in [6.07, 6.45) is 3.60. The number of hydrogen-bond donors (Lipinski definition) is 0. The third kappa shape index (κ3) is 2.76. The van der Waals surface area contributed by atoms with Crippen LogP contribution in [-0.4, -0.2) is 27.5 Å². The highest BCUT2D eigenvalue weighted by molar-refractivity contribution is 6.28. The summed E-state index contributed by atoms with van der Waals surface area (Å²) in [5.41, 5.74) is 3.32. The Kier molecular flexibility index (Phi) is 4.28. The molecule has 0 aliphatic rings. The van der Waals surface area contributed by atoms with Crippen LogP contribution in [0.2, 0.25) is 5.28 Å². The van der Waals surface area contributed by atoms with Crippen molar-refractivity contribution in [1.82, 2.24) is 14.5 Å². The second-order valence-electron chi connectivity index (χ2n) is 6.10. The van der Waals surface area contributed by atoms with Crippen molar-refractivity contribution >= 4 is 34.1 Å². The molecule has 2 aromatic heterocycles. The number of carbonyl (C=O) groups is 1. The summed E-state index contributed by atoms with van der Waals surface area (Å²) >= 11 is 6.04. The normalized spacial score (nSPS) is 11.2. The predicted octanol–water partition coefficient (Wildman–Crippen LogP) is 3.91. The molecular weight excluding hydrogens is 324 g/mol. The van der Waals surface area contributed by atoms with E-state index in [2.05, 4.69) is 9.97 Å². The van der Waals surface area contributed by atoms with E-state index >= 15 is 0 Å². The molecule has 0 spiro atoms. The Bertz CT molecular complexity index is 917. The molecule has 3 rings (SSSR count). The zero-order valence-corrected chi connectivity index (χ0v) is 14.9. The molecule has 2 heterocycles. The summed E-state index contributed by atoms with van der Waals surface area (Å²) in [6.45, 7) is 3.74. The van der Waals surface area contributed by atoms with E-state index in [1.165, 1.54) is 0 Å². The largest absolute Gasteiger partial charge is 0.350 e. The molecule has 0 fully saturated rings. The van der Waals surface area contributed by atoms with Crippen molar-refractivity contribution in [3.05, 3.63) is 41.9 Å².